The first-order chi connectivity index (χ1) is 11.2. The van der Waals surface area contributed by atoms with Gasteiger partial charge in [0.2, 0.25) is 10.0 Å². The van der Waals surface area contributed by atoms with Gasteiger partial charge in [-0.1, -0.05) is 0 Å². The maximum Gasteiger partial charge on any atom is 0.293 e. The fourth-order valence-electron chi connectivity index (χ4n) is 2.64. The van der Waals surface area contributed by atoms with Gasteiger partial charge in [-0.05, 0) is 25.0 Å². The first-order valence-electron chi connectivity index (χ1n) is 7.25. The van der Waals surface area contributed by atoms with Crippen molar-refractivity contribution in [3.8, 4) is 0 Å². The molecule has 0 bridgehead atoms. The zero-order chi connectivity index (χ0) is 17.9. The van der Waals surface area contributed by atoms with Crippen LogP contribution < -0.4 is 10.5 Å². The van der Waals surface area contributed by atoms with Gasteiger partial charge in [0.1, 0.15) is 5.69 Å². The monoisotopic (exact) mass is 364 g/mol. The largest absolute Gasteiger partial charge is 0.377 e. The van der Waals surface area contributed by atoms with Crippen LogP contribution in [-0.2, 0) is 10.0 Å². The third-order valence-electron chi connectivity index (χ3n) is 3.84. The van der Waals surface area contributed by atoms with Crippen molar-refractivity contribution >= 4 is 21.4 Å². The molecule has 1 fully saturated rings. The Morgan fingerprint density at radius 1 is 1.38 bits per heavy atom. The number of nitrogens with one attached hydrogen (secondary N) is 1. The van der Waals surface area contributed by atoms with E-state index < -0.39 is 27.1 Å². The average Bonchev–Trinajstić information content (AvgIpc) is 2.47. The van der Waals surface area contributed by atoms with Crippen LogP contribution in [0.4, 0.5) is 20.2 Å². The number of halogens is 2. The summed E-state index contributed by atoms with van der Waals surface area (Å²) in [7, 11) is -4.04. The van der Waals surface area contributed by atoms with E-state index in [1.54, 1.807) is 4.90 Å². The summed E-state index contributed by atoms with van der Waals surface area (Å²) in [5.41, 5.74) is -0.212. The molecule has 0 spiro atoms. The molecule has 0 unspecified atom stereocenters. The summed E-state index contributed by atoms with van der Waals surface area (Å²) in [4.78, 5) is 11.8. The SMILES string of the molecule is NS(=O)(=O)c1ccc(NC2CCN(CC(F)F)CC2)c([N+](=O)[O-])c1. The van der Waals surface area contributed by atoms with E-state index in [0.717, 1.165) is 6.07 Å². The first kappa shape index (κ1) is 18.5. The quantitative estimate of drug-likeness (QED) is 0.581. The number of nitrogens with two attached hydrogens (primary N) is 1. The van der Waals surface area contributed by atoms with E-state index in [9.17, 15) is 27.3 Å². The lowest BCUT2D eigenvalue weighted by Gasteiger charge is -2.32. The Kier molecular flexibility index (Phi) is 5.67. The highest BCUT2D eigenvalue weighted by Gasteiger charge is 2.24. The molecule has 0 radical (unpaired) electrons. The van der Waals surface area contributed by atoms with E-state index >= 15 is 0 Å². The van der Waals surface area contributed by atoms with Gasteiger partial charge in [0.15, 0.2) is 0 Å². The summed E-state index contributed by atoms with van der Waals surface area (Å²) < 4.78 is 47.3. The molecule has 8 nitrogen and oxygen atoms in total. The molecule has 24 heavy (non-hydrogen) atoms. The number of nitro groups is 1. The molecule has 0 aromatic heterocycles. The lowest BCUT2D eigenvalue weighted by atomic mass is 10.0. The smallest absolute Gasteiger partial charge is 0.293 e. The third-order valence-corrected chi connectivity index (χ3v) is 4.75. The van der Waals surface area contributed by atoms with Crippen molar-refractivity contribution in [2.24, 2.45) is 5.14 Å². The standard InChI is InChI=1S/C13H18F2N4O4S/c14-13(15)8-18-5-3-9(4-6-18)17-11-2-1-10(24(16,22)23)7-12(11)19(20)21/h1-2,7,9,13,17H,3-6,8H2,(H2,16,22,23). The molecule has 1 aromatic rings. The molecule has 0 saturated carbocycles. The molecule has 11 heteroatoms. The van der Waals surface area contributed by atoms with Gasteiger partial charge in [-0.2, -0.15) is 0 Å². The van der Waals surface area contributed by atoms with E-state index in [1.165, 1.54) is 12.1 Å². The molecule has 1 heterocycles. The van der Waals surface area contributed by atoms with Gasteiger partial charge in [0.05, 0.1) is 16.4 Å². The highest BCUT2D eigenvalue weighted by molar-refractivity contribution is 7.89. The number of anilines is 1. The number of nitro benzene ring substituents is 1. The number of benzene rings is 1. The van der Waals surface area contributed by atoms with Crippen LogP contribution in [0, 0.1) is 10.1 Å². The van der Waals surface area contributed by atoms with Gasteiger partial charge in [-0.3, -0.25) is 15.0 Å². The maximum absolute atomic E-state index is 12.3. The Hall–Kier alpha value is -1.85. The normalized spacial score (nSPS) is 17.2. The van der Waals surface area contributed by atoms with Gasteiger partial charge >= 0.3 is 0 Å². The van der Waals surface area contributed by atoms with Gasteiger partial charge in [0, 0.05) is 25.2 Å². The first-order valence-corrected chi connectivity index (χ1v) is 8.79. The van der Waals surface area contributed by atoms with Crippen LogP contribution in [0.2, 0.25) is 0 Å². The number of nitrogens with zero attached hydrogens (tertiary/aromatic N) is 2. The number of hydrogen-bond donors (Lipinski definition) is 2. The van der Waals surface area contributed by atoms with Crippen LogP contribution in [0.15, 0.2) is 23.1 Å². The lowest BCUT2D eigenvalue weighted by Crippen LogP contribution is -2.41. The number of piperidine rings is 1. The van der Waals surface area contributed by atoms with Crippen molar-refractivity contribution in [2.45, 2.75) is 30.2 Å². The molecule has 1 aliphatic heterocycles. The van der Waals surface area contributed by atoms with Crippen LogP contribution >= 0.6 is 0 Å². The Labute approximate surface area is 137 Å². The number of rotatable bonds is 6. The molecule has 1 aromatic carbocycles. The Bertz CT molecular complexity index is 706. The van der Waals surface area contributed by atoms with E-state index in [4.69, 9.17) is 5.14 Å². The molecule has 1 saturated heterocycles. The van der Waals surface area contributed by atoms with Gasteiger partial charge < -0.3 is 5.32 Å². The highest BCUT2D eigenvalue weighted by atomic mass is 32.2. The zero-order valence-corrected chi connectivity index (χ0v) is 13.5. The van der Waals surface area contributed by atoms with Gasteiger partial charge in [-0.25, -0.2) is 22.3 Å². The maximum atomic E-state index is 12.3. The van der Waals surface area contributed by atoms with Crippen LogP contribution in [0.1, 0.15) is 12.8 Å². The second kappa shape index (κ2) is 7.36. The van der Waals surface area contributed by atoms with E-state index in [0.29, 0.717) is 25.9 Å². The molecule has 0 aliphatic carbocycles. The summed E-state index contributed by atoms with van der Waals surface area (Å²) in [5, 5.41) is 19.1. The minimum absolute atomic E-state index is 0.113. The van der Waals surface area contributed by atoms with Crippen LogP contribution in [0.25, 0.3) is 0 Å². The lowest BCUT2D eigenvalue weighted by molar-refractivity contribution is -0.384. The van der Waals surface area contributed by atoms with Crippen molar-refractivity contribution in [3.05, 3.63) is 28.3 Å². The van der Waals surface area contributed by atoms with E-state index in [-0.39, 0.29) is 23.2 Å². The third kappa shape index (κ3) is 4.82. The molecule has 1 aliphatic rings. The summed E-state index contributed by atoms with van der Waals surface area (Å²) in [6, 6.07) is 3.28. The van der Waals surface area contributed by atoms with Crippen molar-refractivity contribution in [1.82, 2.24) is 4.90 Å². The number of primary sulfonamides is 1. The molecule has 0 amide bonds. The topological polar surface area (TPSA) is 119 Å². The van der Waals surface area contributed by atoms with E-state index in [2.05, 4.69) is 5.32 Å². The summed E-state index contributed by atoms with van der Waals surface area (Å²) >= 11 is 0. The highest BCUT2D eigenvalue weighted by Crippen LogP contribution is 2.29. The van der Waals surface area contributed by atoms with Crippen molar-refractivity contribution < 1.29 is 22.1 Å². The second-order valence-electron chi connectivity index (χ2n) is 5.59. The predicted molar refractivity (Wildman–Crippen MR) is 83.6 cm³/mol. The molecule has 0 atom stereocenters. The minimum atomic E-state index is -4.04. The number of sulfonamides is 1. The summed E-state index contributed by atoms with van der Waals surface area (Å²) in [6.45, 7) is 0.645. The molecular formula is C13H18F2N4O4S. The van der Waals surface area contributed by atoms with Gasteiger partial charge in [0.25, 0.3) is 12.1 Å². The number of likely N-dealkylation sites (tertiary alicyclic amines) is 1. The molecule has 134 valence electrons. The molecule has 2 rings (SSSR count). The van der Waals surface area contributed by atoms with Crippen LogP contribution in [0.3, 0.4) is 0 Å². The molecular weight excluding hydrogens is 346 g/mol. The zero-order valence-electron chi connectivity index (χ0n) is 12.7. The summed E-state index contributed by atoms with van der Waals surface area (Å²) in [5.74, 6) is 0. The van der Waals surface area contributed by atoms with Gasteiger partial charge in [-0.15, -0.1) is 0 Å². The van der Waals surface area contributed by atoms with Crippen molar-refractivity contribution in [2.75, 3.05) is 25.0 Å². The second-order valence-corrected chi connectivity index (χ2v) is 7.15. The van der Waals surface area contributed by atoms with E-state index in [1.807, 2.05) is 0 Å². The number of hydrogen-bond acceptors (Lipinski definition) is 6. The summed E-state index contributed by atoms with van der Waals surface area (Å²) in [6.07, 6.45) is -1.27. The Morgan fingerprint density at radius 2 is 2.00 bits per heavy atom. The fourth-order valence-corrected chi connectivity index (χ4v) is 3.17. The van der Waals surface area contributed by atoms with Crippen molar-refractivity contribution in [3.63, 3.8) is 0 Å². The Balaban J connectivity index is 2.09. The van der Waals surface area contributed by atoms with Crippen LogP contribution in [-0.4, -0.2) is 50.3 Å². The fraction of sp³-hybridized carbons (Fsp3) is 0.538. The predicted octanol–water partition coefficient (Wildman–Crippen LogP) is 1.38. The minimum Gasteiger partial charge on any atom is -0.377 e. The number of alkyl halides is 2. The molecule has 3 N–H and O–H groups in total. The average molecular weight is 364 g/mol. The van der Waals surface area contributed by atoms with Crippen LogP contribution in [0.5, 0.6) is 0 Å². The Morgan fingerprint density at radius 3 is 2.50 bits per heavy atom. The van der Waals surface area contributed by atoms with Crippen molar-refractivity contribution in [1.29, 1.82) is 0 Å².